The minimum atomic E-state index is -3.09. The van der Waals surface area contributed by atoms with E-state index < -0.39 is 15.9 Å². The Bertz CT molecular complexity index is 1050. The van der Waals surface area contributed by atoms with Gasteiger partial charge in [-0.1, -0.05) is 32.9 Å². The third-order valence-electron chi connectivity index (χ3n) is 4.84. The molecular weight excluding hydrogens is 422 g/mol. The number of rotatable bonds is 3. The number of hydrogen-bond acceptors (Lipinski definition) is 5. The number of urea groups is 1. The summed E-state index contributed by atoms with van der Waals surface area (Å²) in [6.07, 6.45) is 0. The van der Waals surface area contributed by atoms with Crippen LogP contribution in [0, 0.1) is 6.92 Å². The van der Waals surface area contributed by atoms with Crippen molar-refractivity contribution in [1.82, 2.24) is 4.90 Å². The lowest BCUT2D eigenvalue weighted by Gasteiger charge is -2.26. The maximum atomic E-state index is 13.1. The van der Waals surface area contributed by atoms with Crippen LogP contribution in [0.1, 0.15) is 41.6 Å². The van der Waals surface area contributed by atoms with Crippen molar-refractivity contribution in [2.24, 2.45) is 0 Å². The average Bonchev–Trinajstić information content (AvgIpc) is 3.05. The van der Waals surface area contributed by atoms with Gasteiger partial charge >= 0.3 is 6.03 Å². The lowest BCUT2D eigenvalue weighted by atomic mass is 9.94. The molecule has 1 aliphatic heterocycles. The van der Waals surface area contributed by atoms with Crippen LogP contribution in [-0.4, -0.2) is 49.9 Å². The molecule has 1 aliphatic rings. The molecule has 1 aromatic heterocycles. The second-order valence-corrected chi connectivity index (χ2v) is 11.9. The number of carbonyl (C=O) groups is 2. The third-order valence-corrected chi connectivity index (χ3v) is 7.92. The highest BCUT2D eigenvalue weighted by Crippen LogP contribution is 2.37. The van der Waals surface area contributed by atoms with Crippen LogP contribution in [0.2, 0.25) is 0 Å². The lowest BCUT2D eigenvalue weighted by molar-refractivity contribution is 0.0771. The molecule has 3 amide bonds. The molecule has 2 heterocycles. The molecule has 0 aliphatic carbocycles. The van der Waals surface area contributed by atoms with Gasteiger partial charge in [0, 0.05) is 23.7 Å². The van der Waals surface area contributed by atoms with Crippen molar-refractivity contribution in [3.63, 3.8) is 0 Å². The summed E-state index contributed by atoms with van der Waals surface area (Å²) in [6, 6.07) is 8.81. The Morgan fingerprint density at radius 1 is 1.07 bits per heavy atom. The predicted octanol–water partition coefficient (Wildman–Crippen LogP) is 3.87. The van der Waals surface area contributed by atoms with Crippen LogP contribution in [0.15, 0.2) is 30.3 Å². The third kappa shape index (κ3) is 5.40. The van der Waals surface area contributed by atoms with Crippen LogP contribution in [0.3, 0.4) is 0 Å². The average molecular weight is 450 g/mol. The quantitative estimate of drug-likeness (QED) is 0.744. The van der Waals surface area contributed by atoms with Gasteiger partial charge in [-0.2, -0.15) is 0 Å². The van der Waals surface area contributed by atoms with E-state index in [-0.39, 0.29) is 35.9 Å². The fourth-order valence-electron chi connectivity index (χ4n) is 3.09. The maximum Gasteiger partial charge on any atom is 0.324 e. The van der Waals surface area contributed by atoms with E-state index in [1.807, 2.05) is 45.9 Å². The Morgan fingerprint density at radius 2 is 1.73 bits per heavy atom. The Hall–Kier alpha value is -2.39. The van der Waals surface area contributed by atoms with Gasteiger partial charge in [0.05, 0.1) is 17.1 Å². The van der Waals surface area contributed by atoms with E-state index >= 15 is 0 Å². The number of thiophene rings is 1. The molecular formula is C21H27N3O4S2. The standard InChI is InChI=1S/C21H27N3O4S2/c1-14-6-5-7-15(12-14)22-20(26)23-18-16(13-17(29-18)21(2,3)4)19(25)24-8-10-30(27,28)11-9-24/h5-7,12-13H,8-11H2,1-4H3,(H2,22,23,26). The highest BCUT2D eigenvalue weighted by atomic mass is 32.2. The zero-order valence-corrected chi connectivity index (χ0v) is 19.2. The largest absolute Gasteiger partial charge is 0.337 e. The first-order valence-electron chi connectivity index (χ1n) is 9.73. The Balaban J connectivity index is 1.83. The summed E-state index contributed by atoms with van der Waals surface area (Å²) in [7, 11) is -3.09. The van der Waals surface area contributed by atoms with Gasteiger partial charge in [0.15, 0.2) is 9.84 Å². The number of aryl methyl sites for hydroxylation is 1. The SMILES string of the molecule is Cc1cccc(NC(=O)Nc2sc(C(C)(C)C)cc2C(=O)N2CCS(=O)(=O)CC2)c1. The first kappa shape index (κ1) is 22.3. The smallest absolute Gasteiger partial charge is 0.324 e. The molecule has 162 valence electrons. The molecule has 0 saturated carbocycles. The molecule has 0 spiro atoms. The van der Waals surface area contributed by atoms with E-state index in [1.165, 1.54) is 11.3 Å². The number of amides is 3. The highest BCUT2D eigenvalue weighted by molar-refractivity contribution is 7.91. The first-order valence-corrected chi connectivity index (χ1v) is 12.4. The normalized spacial score (nSPS) is 16.2. The van der Waals surface area contributed by atoms with Gasteiger partial charge in [0.1, 0.15) is 5.00 Å². The second-order valence-electron chi connectivity index (χ2n) is 8.50. The van der Waals surface area contributed by atoms with Crippen molar-refractivity contribution in [1.29, 1.82) is 0 Å². The van der Waals surface area contributed by atoms with E-state index in [2.05, 4.69) is 10.6 Å². The number of benzene rings is 1. The number of hydrogen-bond donors (Lipinski definition) is 2. The van der Waals surface area contributed by atoms with Crippen molar-refractivity contribution in [3.8, 4) is 0 Å². The van der Waals surface area contributed by atoms with Crippen molar-refractivity contribution < 1.29 is 18.0 Å². The number of nitrogens with zero attached hydrogens (tertiary/aromatic N) is 1. The van der Waals surface area contributed by atoms with Crippen LogP contribution in [0.5, 0.6) is 0 Å². The zero-order chi connectivity index (χ0) is 22.1. The van der Waals surface area contributed by atoms with Crippen molar-refractivity contribution in [2.75, 3.05) is 35.2 Å². The van der Waals surface area contributed by atoms with Crippen LogP contribution in [0.4, 0.5) is 15.5 Å². The summed E-state index contributed by atoms with van der Waals surface area (Å²) in [5, 5.41) is 6.06. The molecule has 9 heteroatoms. The fourth-order valence-corrected chi connectivity index (χ4v) is 5.39. The molecule has 0 atom stereocenters. The van der Waals surface area contributed by atoms with Gasteiger partial charge in [-0.15, -0.1) is 11.3 Å². The van der Waals surface area contributed by atoms with Gasteiger partial charge in [0.2, 0.25) is 0 Å². The minimum absolute atomic E-state index is 0.0361. The molecule has 1 fully saturated rings. The van der Waals surface area contributed by atoms with E-state index in [0.717, 1.165) is 10.4 Å². The van der Waals surface area contributed by atoms with Gasteiger partial charge in [0.25, 0.3) is 5.91 Å². The van der Waals surface area contributed by atoms with Crippen LogP contribution < -0.4 is 10.6 Å². The molecule has 7 nitrogen and oxygen atoms in total. The summed E-state index contributed by atoms with van der Waals surface area (Å²) in [6.45, 7) is 8.38. The van der Waals surface area contributed by atoms with Gasteiger partial charge in [-0.3, -0.25) is 10.1 Å². The molecule has 1 aromatic carbocycles. The number of anilines is 2. The van der Waals surface area contributed by atoms with E-state index in [4.69, 9.17) is 0 Å². The predicted molar refractivity (Wildman–Crippen MR) is 121 cm³/mol. The first-order chi connectivity index (χ1) is 13.9. The van der Waals surface area contributed by atoms with Crippen LogP contribution >= 0.6 is 11.3 Å². The molecule has 30 heavy (non-hydrogen) atoms. The Labute approximate surface area is 181 Å². The van der Waals surface area contributed by atoms with Crippen LogP contribution in [-0.2, 0) is 15.3 Å². The molecule has 2 N–H and O–H groups in total. The van der Waals surface area contributed by atoms with Gasteiger partial charge < -0.3 is 10.2 Å². The van der Waals surface area contributed by atoms with E-state index in [0.29, 0.717) is 16.3 Å². The van der Waals surface area contributed by atoms with Gasteiger partial charge in [-0.25, -0.2) is 13.2 Å². The summed E-state index contributed by atoms with van der Waals surface area (Å²) in [5.74, 6) is -0.334. The number of sulfone groups is 1. The Kier molecular flexibility index (Phi) is 6.24. The summed E-state index contributed by atoms with van der Waals surface area (Å²) in [5.41, 5.74) is 1.88. The number of carbonyl (C=O) groups excluding carboxylic acids is 2. The zero-order valence-electron chi connectivity index (χ0n) is 17.6. The minimum Gasteiger partial charge on any atom is -0.337 e. The second kappa shape index (κ2) is 8.39. The molecule has 2 aromatic rings. The monoisotopic (exact) mass is 449 g/mol. The highest BCUT2D eigenvalue weighted by Gasteiger charge is 2.30. The van der Waals surface area contributed by atoms with Gasteiger partial charge in [-0.05, 0) is 36.1 Å². The molecule has 0 unspecified atom stereocenters. The summed E-state index contributed by atoms with van der Waals surface area (Å²) < 4.78 is 23.4. The fraction of sp³-hybridized carbons (Fsp3) is 0.429. The van der Waals surface area contributed by atoms with E-state index in [9.17, 15) is 18.0 Å². The van der Waals surface area contributed by atoms with Crippen LogP contribution in [0.25, 0.3) is 0 Å². The molecule has 0 radical (unpaired) electrons. The summed E-state index contributed by atoms with van der Waals surface area (Å²) in [4.78, 5) is 28.2. The van der Waals surface area contributed by atoms with E-state index in [1.54, 1.807) is 17.0 Å². The van der Waals surface area contributed by atoms with Crippen molar-refractivity contribution >= 4 is 43.8 Å². The molecule has 3 rings (SSSR count). The maximum absolute atomic E-state index is 13.1. The molecule has 0 bridgehead atoms. The van der Waals surface area contributed by atoms with Crippen molar-refractivity contribution in [3.05, 3.63) is 46.3 Å². The molecule has 1 saturated heterocycles. The summed E-state index contributed by atoms with van der Waals surface area (Å²) >= 11 is 1.36. The topological polar surface area (TPSA) is 95.6 Å². The number of nitrogens with one attached hydrogen (secondary N) is 2. The lowest BCUT2D eigenvalue weighted by Crippen LogP contribution is -2.43. The Morgan fingerprint density at radius 3 is 2.33 bits per heavy atom. The van der Waals surface area contributed by atoms with Crippen molar-refractivity contribution in [2.45, 2.75) is 33.1 Å².